The lowest BCUT2D eigenvalue weighted by molar-refractivity contribution is -0.143. The van der Waals surface area contributed by atoms with Crippen LogP contribution in [-0.2, 0) is 28.8 Å². The Kier molecular flexibility index (Phi) is 8.06. The Morgan fingerprint density at radius 1 is 0.829 bits per heavy atom. The molecular formula is C27H27NO7. The molecule has 1 aliphatic carbocycles. The molecule has 182 valence electrons. The monoisotopic (exact) mass is 477 g/mol. The van der Waals surface area contributed by atoms with Crippen LogP contribution in [0.4, 0.5) is 0 Å². The molecule has 0 saturated carbocycles. The number of nitrogens with one attached hydrogen (secondary N) is 1. The van der Waals surface area contributed by atoms with Gasteiger partial charge in [-0.1, -0.05) is 62.4 Å². The summed E-state index contributed by atoms with van der Waals surface area (Å²) < 4.78 is 0. The van der Waals surface area contributed by atoms with Crippen molar-refractivity contribution in [2.45, 2.75) is 51.5 Å². The van der Waals surface area contributed by atoms with Gasteiger partial charge in [0, 0.05) is 25.2 Å². The number of Topliss-reactive ketones (excluding diaryl/α,β-unsaturated/α-hetero) is 4. The lowest BCUT2D eigenvalue weighted by Crippen LogP contribution is -2.49. The van der Waals surface area contributed by atoms with Gasteiger partial charge in [-0.05, 0) is 28.2 Å². The zero-order chi connectivity index (χ0) is 25.7. The van der Waals surface area contributed by atoms with E-state index in [0.29, 0.717) is 0 Å². The molecule has 0 spiro atoms. The summed E-state index contributed by atoms with van der Waals surface area (Å²) in [5.41, 5.74) is 3.93. The van der Waals surface area contributed by atoms with Crippen LogP contribution in [0.1, 0.15) is 56.6 Å². The minimum atomic E-state index is -1.31. The van der Waals surface area contributed by atoms with E-state index in [-0.39, 0.29) is 18.8 Å². The van der Waals surface area contributed by atoms with Crippen LogP contribution < -0.4 is 5.32 Å². The van der Waals surface area contributed by atoms with Gasteiger partial charge in [0.2, 0.25) is 17.3 Å². The number of hydrogen-bond acceptors (Lipinski definition) is 6. The van der Waals surface area contributed by atoms with E-state index in [4.69, 9.17) is 5.11 Å². The highest BCUT2D eigenvalue weighted by Crippen LogP contribution is 2.46. The highest BCUT2D eigenvalue weighted by molar-refractivity contribution is 6.42. The first kappa shape index (κ1) is 25.7. The standard InChI is InChI=1S/C27H27NO7/c1-15(2)25(26(34)22(30)12-11-16(29)13-24(32)33)28-27(35)23(31)14-21-19-9-5-3-7-17(19)18-8-4-6-10-20(18)21/h3-10,15,21,25H,11-14H2,1-2H3,(H,28,35)(H,32,33)/t25-/m0/s1. The van der Waals surface area contributed by atoms with Crippen LogP contribution in [0.25, 0.3) is 11.1 Å². The Morgan fingerprint density at radius 3 is 1.89 bits per heavy atom. The number of benzene rings is 2. The van der Waals surface area contributed by atoms with Crippen molar-refractivity contribution in [2.75, 3.05) is 0 Å². The smallest absolute Gasteiger partial charge is 0.310 e. The van der Waals surface area contributed by atoms with Gasteiger partial charge in [-0.3, -0.25) is 28.8 Å². The second-order valence-corrected chi connectivity index (χ2v) is 8.95. The van der Waals surface area contributed by atoms with E-state index in [9.17, 15) is 28.8 Å². The second kappa shape index (κ2) is 11.0. The fraction of sp³-hybridized carbons (Fsp3) is 0.333. The van der Waals surface area contributed by atoms with Gasteiger partial charge in [0.25, 0.3) is 5.91 Å². The number of carbonyl (C=O) groups excluding carboxylic acids is 5. The zero-order valence-electron chi connectivity index (χ0n) is 19.6. The molecule has 1 amide bonds. The molecule has 2 N–H and O–H groups in total. The maximum atomic E-state index is 12.9. The summed E-state index contributed by atoms with van der Waals surface area (Å²) in [7, 11) is 0. The van der Waals surface area contributed by atoms with E-state index < -0.39 is 59.8 Å². The molecule has 0 fully saturated rings. The normalized spacial score (nSPS) is 13.0. The van der Waals surface area contributed by atoms with Gasteiger partial charge in [-0.25, -0.2) is 0 Å². The predicted octanol–water partition coefficient (Wildman–Crippen LogP) is 2.86. The number of aliphatic carboxylic acids is 1. The SMILES string of the molecule is CC(C)[C@H](NC(=O)C(=O)CC1c2ccccc2-c2ccccc21)C(=O)C(=O)CCC(=O)CC(=O)O. The summed E-state index contributed by atoms with van der Waals surface area (Å²) >= 11 is 0. The molecule has 35 heavy (non-hydrogen) atoms. The van der Waals surface area contributed by atoms with Crippen LogP contribution in [0.3, 0.4) is 0 Å². The molecule has 0 aliphatic heterocycles. The molecule has 0 saturated heterocycles. The summed E-state index contributed by atoms with van der Waals surface area (Å²) in [4.78, 5) is 72.7. The zero-order valence-corrected chi connectivity index (χ0v) is 19.6. The van der Waals surface area contributed by atoms with Crippen LogP contribution in [0.2, 0.25) is 0 Å². The van der Waals surface area contributed by atoms with E-state index >= 15 is 0 Å². The fourth-order valence-corrected chi connectivity index (χ4v) is 4.32. The molecular weight excluding hydrogens is 450 g/mol. The van der Waals surface area contributed by atoms with Gasteiger partial charge < -0.3 is 10.4 Å². The van der Waals surface area contributed by atoms with Crippen molar-refractivity contribution in [1.29, 1.82) is 0 Å². The van der Waals surface area contributed by atoms with Crippen molar-refractivity contribution < 1.29 is 33.9 Å². The quantitative estimate of drug-likeness (QED) is 0.354. The van der Waals surface area contributed by atoms with E-state index in [1.54, 1.807) is 13.8 Å². The van der Waals surface area contributed by atoms with Crippen molar-refractivity contribution in [3.05, 3.63) is 59.7 Å². The van der Waals surface area contributed by atoms with Crippen molar-refractivity contribution in [3.63, 3.8) is 0 Å². The van der Waals surface area contributed by atoms with Crippen LogP contribution in [0.5, 0.6) is 0 Å². The minimum Gasteiger partial charge on any atom is -0.481 e. The van der Waals surface area contributed by atoms with Gasteiger partial charge in [0.15, 0.2) is 0 Å². The molecule has 8 heteroatoms. The Bertz CT molecular complexity index is 1150. The van der Waals surface area contributed by atoms with E-state index in [1.807, 2.05) is 48.5 Å². The van der Waals surface area contributed by atoms with E-state index in [2.05, 4.69) is 5.32 Å². The van der Waals surface area contributed by atoms with Crippen LogP contribution in [0.15, 0.2) is 48.5 Å². The van der Waals surface area contributed by atoms with Gasteiger partial charge in [0.05, 0.1) is 6.04 Å². The number of carboxylic acids is 1. The number of fused-ring (bicyclic) bond motifs is 3. The average Bonchev–Trinajstić information content (AvgIpc) is 3.13. The molecule has 2 aromatic rings. The van der Waals surface area contributed by atoms with E-state index in [0.717, 1.165) is 22.3 Å². The summed E-state index contributed by atoms with van der Waals surface area (Å²) in [6, 6.07) is 14.2. The molecule has 1 atom stereocenters. The molecule has 1 aliphatic rings. The molecule has 0 aromatic heterocycles. The maximum Gasteiger partial charge on any atom is 0.310 e. The molecule has 0 heterocycles. The second-order valence-electron chi connectivity index (χ2n) is 8.95. The van der Waals surface area contributed by atoms with Crippen molar-refractivity contribution in [3.8, 4) is 11.1 Å². The number of ketones is 4. The Morgan fingerprint density at radius 2 is 1.37 bits per heavy atom. The molecule has 8 nitrogen and oxygen atoms in total. The first-order valence-corrected chi connectivity index (χ1v) is 11.4. The lowest BCUT2D eigenvalue weighted by Gasteiger charge is -2.20. The van der Waals surface area contributed by atoms with Crippen LogP contribution >= 0.6 is 0 Å². The van der Waals surface area contributed by atoms with E-state index in [1.165, 1.54) is 0 Å². The first-order chi connectivity index (χ1) is 16.6. The molecule has 0 bridgehead atoms. The molecule has 0 radical (unpaired) electrons. The largest absolute Gasteiger partial charge is 0.481 e. The third kappa shape index (κ3) is 5.95. The highest BCUT2D eigenvalue weighted by atomic mass is 16.4. The summed E-state index contributed by atoms with van der Waals surface area (Å²) in [5.74, 6) is -6.22. The molecule has 2 aromatic carbocycles. The average molecular weight is 478 g/mol. The summed E-state index contributed by atoms with van der Waals surface area (Å²) in [6.45, 7) is 3.25. The van der Waals surface area contributed by atoms with Gasteiger partial charge in [-0.2, -0.15) is 0 Å². The van der Waals surface area contributed by atoms with Crippen molar-refractivity contribution in [1.82, 2.24) is 5.32 Å². The number of hydrogen-bond donors (Lipinski definition) is 2. The number of carbonyl (C=O) groups is 6. The number of rotatable bonds is 12. The highest BCUT2D eigenvalue weighted by Gasteiger charge is 2.34. The third-order valence-corrected chi connectivity index (χ3v) is 6.10. The van der Waals surface area contributed by atoms with Crippen molar-refractivity contribution in [2.24, 2.45) is 5.92 Å². The molecule has 3 rings (SSSR count). The Labute approximate surface area is 202 Å². The third-order valence-electron chi connectivity index (χ3n) is 6.10. The van der Waals surface area contributed by atoms with Gasteiger partial charge in [0.1, 0.15) is 12.2 Å². The van der Waals surface area contributed by atoms with Crippen LogP contribution in [-0.4, -0.2) is 46.2 Å². The Balaban J connectivity index is 1.67. The number of carboxylic acid groups (broad SMARTS) is 1. The Hall–Kier alpha value is -3.94. The summed E-state index contributed by atoms with van der Waals surface area (Å²) in [6.07, 6.45) is -1.65. The first-order valence-electron chi connectivity index (χ1n) is 11.4. The summed E-state index contributed by atoms with van der Waals surface area (Å²) in [5, 5.41) is 11.0. The topological polar surface area (TPSA) is 135 Å². The predicted molar refractivity (Wildman–Crippen MR) is 127 cm³/mol. The minimum absolute atomic E-state index is 0.0868. The van der Waals surface area contributed by atoms with Gasteiger partial charge in [-0.15, -0.1) is 0 Å². The van der Waals surface area contributed by atoms with Crippen LogP contribution in [0, 0.1) is 5.92 Å². The maximum absolute atomic E-state index is 12.9. The number of amides is 1. The molecule has 0 unspecified atom stereocenters. The fourth-order valence-electron chi connectivity index (χ4n) is 4.32. The van der Waals surface area contributed by atoms with Gasteiger partial charge >= 0.3 is 5.97 Å². The lowest BCUT2D eigenvalue weighted by atomic mass is 9.91. The van der Waals surface area contributed by atoms with Crippen molar-refractivity contribution >= 4 is 35.0 Å².